The number of amides is 1. The highest BCUT2D eigenvalue weighted by Gasteiger charge is 2.47. The number of rotatable bonds is 56. The molecule has 1 fully saturated rings. The number of unbranched alkanes of at least 4 members (excludes halogenated alkanes) is 22. The van der Waals surface area contributed by atoms with Gasteiger partial charge in [-0.25, -0.2) is 0 Å². The van der Waals surface area contributed by atoms with E-state index in [1.165, 1.54) is 77.0 Å². The van der Waals surface area contributed by atoms with Crippen molar-refractivity contribution in [3.8, 4) is 0 Å². The lowest BCUT2D eigenvalue weighted by Gasteiger charge is -2.41. The predicted molar refractivity (Wildman–Crippen MR) is 356 cm³/mol. The fourth-order valence-corrected chi connectivity index (χ4v) is 9.70. The number of nitrogens with one attached hydrogen (secondary N) is 1. The van der Waals surface area contributed by atoms with E-state index in [1.807, 2.05) is 12.2 Å². The molecule has 1 rings (SSSR count). The summed E-state index contributed by atoms with van der Waals surface area (Å²) < 4.78 is 17.6. The van der Waals surface area contributed by atoms with Gasteiger partial charge in [0.15, 0.2) is 12.4 Å². The second-order valence-electron chi connectivity index (χ2n) is 22.8. The molecule has 0 aromatic heterocycles. The maximum Gasteiger partial charge on any atom is 0.306 e. The van der Waals surface area contributed by atoms with E-state index in [0.717, 1.165) is 128 Å². The first-order valence-corrected chi connectivity index (χ1v) is 34.0. The van der Waals surface area contributed by atoms with Gasteiger partial charge in [-0.15, -0.1) is 0 Å². The third-order valence-corrected chi connectivity index (χ3v) is 15.0. The molecule has 8 unspecified atom stereocenters. The first-order valence-electron chi connectivity index (χ1n) is 34.0. The Balaban J connectivity index is 2.68. The van der Waals surface area contributed by atoms with Gasteiger partial charge in [0.1, 0.15) is 24.4 Å². The SMILES string of the molecule is CC/C=C\C/C=C\C/C=C\C/C=C\C/C=C\C/C=C\CCCC(O)C(=O)NC(COC1OC(CO)C(O)C(O)C1OC(=O)CCCCCCCCC/C=C\C/C=C\C/C=C\C/C=C\CCCCC)C(O)/C=C/CCCCCCCCCCCCC. The van der Waals surface area contributed by atoms with Crippen molar-refractivity contribution < 1.29 is 49.3 Å². The fraction of sp³-hybridized carbons (Fsp3) is 0.676. The quantitative estimate of drug-likeness (QED) is 0.0195. The first kappa shape index (κ1) is 78.8. The molecule has 8 atom stereocenters. The summed E-state index contributed by atoms with van der Waals surface area (Å²) in [4.78, 5) is 26.6. The van der Waals surface area contributed by atoms with Crippen molar-refractivity contribution in [1.29, 1.82) is 0 Å². The molecule has 1 saturated heterocycles. The van der Waals surface area contributed by atoms with Crippen LogP contribution < -0.4 is 5.32 Å². The van der Waals surface area contributed by atoms with Gasteiger partial charge in [0.25, 0.3) is 0 Å². The van der Waals surface area contributed by atoms with Crippen LogP contribution in [0.5, 0.6) is 0 Å². The van der Waals surface area contributed by atoms with Gasteiger partial charge < -0.3 is 45.1 Å². The topological polar surface area (TPSA) is 175 Å². The lowest BCUT2D eigenvalue weighted by atomic mass is 9.99. The second-order valence-corrected chi connectivity index (χ2v) is 22.8. The first-order chi connectivity index (χ1) is 41.7. The molecule has 0 aromatic carbocycles. The number of allylic oxidation sites excluding steroid dienone is 21. The van der Waals surface area contributed by atoms with Gasteiger partial charge in [-0.3, -0.25) is 9.59 Å². The minimum Gasteiger partial charge on any atom is -0.454 e. The highest BCUT2D eigenvalue weighted by molar-refractivity contribution is 5.80. The Bertz CT molecular complexity index is 1890. The minimum atomic E-state index is -1.64. The molecule has 85 heavy (non-hydrogen) atoms. The average molecular weight is 1190 g/mol. The van der Waals surface area contributed by atoms with Gasteiger partial charge in [0.2, 0.25) is 5.91 Å². The van der Waals surface area contributed by atoms with Gasteiger partial charge in [-0.2, -0.15) is 0 Å². The maximum absolute atomic E-state index is 13.5. The van der Waals surface area contributed by atoms with Crippen LogP contribution in [0.25, 0.3) is 0 Å². The number of aliphatic hydroxyl groups is 5. The molecule has 0 bridgehead atoms. The lowest BCUT2D eigenvalue weighted by Crippen LogP contribution is -2.61. The van der Waals surface area contributed by atoms with E-state index in [0.29, 0.717) is 19.3 Å². The Morgan fingerprint density at radius 1 is 0.471 bits per heavy atom. The summed E-state index contributed by atoms with van der Waals surface area (Å²) in [6, 6.07) is -1.06. The molecule has 1 heterocycles. The van der Waals surface area contributed by atoms with Crippen molar-refractivity contribution in [3.63, 3.8) is 0 Å². The molecule has 1 aliphatic rings. The molecule has 1 amide bonds. The highest BCUT2D eigenvalue weighted by Crippen LogP contribution is 2.26. The largest absolute Gasteiger partial charge is 0.454 e. The van der Waals surface area contributed by atoms with Crippen molar-refractivity contribution >= 4 is 11.9 Å². The number of hydrogen-bond donors (Lipinski definition) is 6. The van der Waals surface area contributed by atoms with Crippen molar-refractivity contribution in [2.45, 2.75) is 307 Å². The van der Waals surface area contributed by atoms with Crippen LogP contribution >= 0.6 is 0 Å². The average Bonchev–Trinajstić information content (AvgIpc) is 3.12. The third-order valence-electron chi connectivity index (χ3n) is 15.0. The minimum absolute atomic E-state index is 0.0980. The molecule has 0 aliphatic carbocycles. The van der Waals surface area contributed by atoms with Crippen molar-refractivity contribution in [2.24, 2.45) is 0 Å². The van der Waals surface area contributed by atoms with Crippen LogP contribution in [-0.2, 0) is 23.8 Å². The van der Waals surface area contributed by atoms with E-state index in [2.05, 4.69) is 142 Å². The third kappa shape index (κ3) is 47.5. The van der Waals surface area contributed by atoms with Crippen LogP contribution in [-0.4, -0.2) is 99.6 Å². The molecular weight excluding hydrogens is 1060 g/mol. The normalized spacial score (nSPS) is 19.3. The molecule has 0 saturated carbocycles. The number of hydrogen-bond acceptors (Lipinski definition) is 10. The number of carbonyl (C=O) groups excluding carboxylic acids is 2. The Hall–Kier alpha value is -4.20. The summed E-state index contributed by atoms with van der Waals surface area (Å²) in [7, 11) is 0. The van der Waals surface area contributed by atoms with Crippen molar-refractivity contribution in [2.75, 3.05) is 13.2 Å². The number of carbonyl (C=O) groups is 2. The molecule has 11 nitrogen and oxygen atoms in total. The lowest BCUT2D eigenvalue weighted by molar-refractivity contribution is -0.305. The zero-order valence-electron chi connectivity index (χ0n) is 53.7. The van der Waals surface area contributed by atoms with Gasteiger partial charge >= 0.3 is 5.97 Å². The summed E-state index contributed by atoms with van der Waals surface area (Å²) in [6.07, 6.45) is 74.8. The number of aliphatic hydroxyl groups excluding tert-OH is 5. The van der Waals surface area contributed by atoms with Crippen LogP contribution in [0.2, 0.25) is 0 Å². The summed E-state index contributed by atoms with van der Waals surface area (Å²) >= 11 is 0. The molecule has 0 radical (unpaired) electrons. The molecule has 11 heteroatoms. The molecular formula is C74H123NO10. The van der Waals surface area contributed by atoms with E-state index in [1.54, 1.807) is 6.08 Å². The van der Waals surface area contributed by atoms with Gasteiger partial charge in [-0.1, -0.05) is 264 Å². The smallest absolute Gasteiger partial charge is 0.306 e. The van der Waals surface area contributed by atoms with Crippen LogP contribution in [0.15, 0.2) is 134 Å². The molecule has 1 aliphatic heterocycles. The summed E-state index contributed by atoms with van der Waals surface area (Å²) in [6.45, 7) is 5.62. The van der Waals surface area contributed by atoms with Crippen LogP contribution in [0, 0.1) is 0 Å². The van der Waals surface area contributed by atoms with Gasteiger partial charge in [-0.05, 0) is 122 Å². The van der Waals surface area contributed by atoms with Crippen LogP contribution in [0.1, 0.15) is 258 Å². The molecule has 0 spiro atoms. The zero-order chi connectivity index (χ0) is 61.7. The summed E-state index contributed by atoms with van der Waals surface area (Å²) in [5.74, 6) is -1.26. The molecule has 484 valence electrons. The Morgan fingerprint density at radius 3 is 1.29 bits per heavy atom. The summed E-state index contributed by atoms with van der Waals surface area (Å²) in [5, 5.41) is 57.1. The molecule has 6 N–H and O–H groups in total. The number of ether oxygens (including phenoxy) is 3. The molecule has 0 aromatic rings. The maximum atomic E-state index is 13.5. The monoisotopic (exact) mass is 1190 g/mol. The van der Waals surface area contributed by atoms with Gasteiger partial charge in [0.05, 0.1) is 25.4 Å². The van der Waals surface area contributed by atoms with Gasteiger partial charge in [0, 0.05) is 6.42 Å². The van der Waals surface area contributed by atoms with E-state index in [4.69, 9.17) is 14.2 Å². The second kappa shape index (κ2) is 60.1. The van der Waals surface area contributed by atoms with Crippen molar-refractivity contribution in [1.82, 2.24) is 5.32 Å². The summed E-state index contributed by atoms with van der Waals surface area (Å²) in [5.41, 5.74) is 0. The standard InChI is InChI=1S/C74H123NO10/c1-4-7-10-13-16-19-22-25-27-29-31-33-34-35-37-39-41-44-47-50-53-56-59-62-69(79)85-72-71(81)70(80)68(63-76)84-74(72)83-64-65(66(77)60-57-54-51-48-45-42-24-21-18-15-12-9-6-3)75-73(82)67(78)61-58-55-52-49-46-43-40-38-36-32-30-28-26-23-20-17-14-11-8-5-2/h8,11,16-17,19-20,25-28,31-33,35-37,40,43,49,52,57,60,65-68,70-72,74,76-78,80-81H,4-7,9-10,12-15,18,21-24,29-30,34,38-39,41-42,44-48,50-51,53-56,58-59,61-64H2,1-3H3,(H,75,82)/b11-8-,19-16-,20-17-,27-25-,28-26-,33-31-,36-32-,37-35-,43-40-,52-49-,60-57+. The Morgan fingerprint density at radius 2 is 0.847 bits per heavy atom. The van der Waals surface area contributed by atoms with E-state index >= 15 is 0 Å². The zero-order valence-corrected chi connectivity index (χ0v) is 53.7. The Kier molecular flexibility index (Phi) is 55.7. The highest BCUT2D eigenvalue weighted by atomic mass is 16.7. The van der Waals surface area contributed by atoms with Crippen LogP contribution in [0.3, 0.4) is 0 Å². The van der Waals surface area contributed by atoms with E-state index in [9.17, 15) is 35.1 Å². The predicted octanol–water partition coefficient (Wildman–Crippen LogP) is 17.2. The van der Waals surface area contributed by atoms with E-state index in [-0.39, 0.29) is 19.4 Å². The fourth-order valence-electron chi connectivity index (χ4n) is 9.70. The van der Waals surface area contributed by atoms with Crippen molar-refractivity contribution in [3.05, 3.63) is 134 Å². The Labute approximate surface area is 518 Å². The van der Waals surface area contributed by atoms with E-state index < -0.39 is 67.4 Å². The van der Waals surface area contributed by atoms with Crippen LogP contribution in [0.4, 0.5) is 0 Å². The number of esters is 1.